The fourth-order valence-electron chi connectivity index (χ4n) is 5.95. The summed E-state index contributed by atoms with van der Waals surface area (Å²) in [5.41, 5.74) is 7.55. The Morgan fingerprint density at radius 1 is 0.642 bits per heavy atom. The van der Waals surface area contributed by atoms with Crippen LogP contribution in [0.5, 0.6) is 0 Å². The number of ether oxygens (including phenoxy) is 1. The fourth-order valence-corrected chi connectivity index (χ4v) is 5.95. The quantitative estimate of drug-likeness (QED) is 0.0917. The molecular formula is C40H68N6O7. The number of hydrogen-bond acceptors (Lipinski definition) is 8. The van der Waals surface area contributed by atoms with Gasteiger partial charge in [0.1, 0.15) is 24.2 Å². The van der Waals surface area contributed by atoms with Gasteiger partial charge in [0.25, 0.3) is 0 Å². The Morgan fingerprint density at radius 3 is 1.70 bits per heavy atom. The van der Waals surface area contributed by atoms with E-state index in [2.05, 4.69) is 26.6 Å². The van der Waals surface area contributed by atoms with Gasteiger partial charge in [0.15, 0.2) is 0 Å². The molecule has 5 amide bonds. The second kappa shape index (κ2) is 23.6. The lowest BCUT2D eigenvalue weighted by molar-refractivity contribution is -0.146. The summed E-state index contributed by atoms with van der Waals surface area (Å²) in [6.45, 7) is 19.0. The van der Waals surface area contributed by atoms with Crippen LogP contribution in [-0.2, 0) is 39.9 Å². The first-order chi connectivity index (χ1) is 24.8. The van der Waals surface area contributed by atoms with Crippen molar-refractivity contribution >= 4 is 35.5 Å². The maximum absolute atomic E-state index is 13.9. The van der Waals surface area contributed by atoms with Crippen molar-refractivity contribution in [3.05, 3.63) is 35.9 Å². The maximum Gasteiger partial charge on any atom is 0.328 e. The first kappa shape index (κ1) is 47.0. The van der Waals surface area contributed by atoms with Gasteiger partial charge < -0.3 is 37.1 Å². The zero-order valence-corrected chi connectivity index (χ0v) is 33.9. The molecule has 53 heavy (non-hydrogen) atoms. The highest BCUT2D eigenvalue weighted by Crippen LogP contribution is 2.15. The summed E-state index contributed by atoms with van der Waals surface area (Å²) in [6.07, 6.45) is 1.70. The van der Waals surface area contributed by atoms with E-state index in [0.717, 1.165) is 5.56 Å². The number of esters is 1. The van der Waals surface area contributed by atoms with Crippen molar-refractivity contribution in [1.82, 2.24) is 26.6 Å². The van der Waals surface area contributed by atoms with Crippen LogP contribution in [0.2, 0.25) is 0 Å². The van der Waals surface area contributed by atoms with Gasteiger partial charge in [-0.05, 0) is 54.4 Å². The van der Waals surface area contributed by atoms with Crippen LogP contribution < -0.4 is 32.3 Å². The Bertz CT molecular complexity index is 1320. The molecule has 0 unspecified atom stereocenters. The highest BCUT2D eigenvalue weighted by atomic mass is 16.5. The summed E-state index contributed by atoms with van der Waals surface area (Å²) in [6, 6.07) is 4.20. The Hall–Kier alpha value is -4.00. The van der Waals surface area contributed by atoms with Crippen LogP contribution in [0.3, 0.4) is 0 Å². The lowest BCUT2D eigenvalue weighted by Crippen LogP contribution is -2.60. The first-order valence-corrected chi connectivity index (χ1v) is 19.2. The molecule has 1 rings (SSSR count). The third-order valence-electron chi connectivity index (χ3n) is 9.08. The average Bonchev–Trinajstić information content (AvgIpc) is 3.07. The number of nitrogens with one attached hydrogen (secondary N) is 5. The van der Waals surface area contributed by atoms with Gasteiger partial charge in [0, 0.05) is 24.9 Å². The van der Waals surface area contributed by atoms with E-state index in [1.54, 1.807) is 0 Å². The monoisotopic (exact) mass is 745 g/mol. The van der Waals surface area contributed by atoms with Gasteiger partial charge in [-0.3, -0.25) is 24.0 Å². The Labute approximate surface area is 317 Å². The van der Waals surface area contributed by atoms with Crippen LogP contribution >= 0.6 is 0 Å². The van der Waals surface area contributed by atoms with Gasteiger partial charge in [0.05, 0.1) is 7.11 Å². The molecule has 0 saturated heterocycles. The van der Waals surface area contributed by atoms with Crippen molar-refractivity contribution in [3.63, 3.8) is 0 Å². The number of nitrogens with two attached hydrogens (primary N) is 1. The number of amides is 5. The molecule has 0 radical (unpaired) electrons. The summed E-state index contributed by atoms with van der Waals surface area (Å²) in [5.74, 6) is -2.98. The molecule has 1 aromatic rings. The normalized spacial score (nSPS) is 15.5. The molecule has 13 heteroatoms. The molecule has 7 N–H and O–H groups in total. The summed E-state index contributed by atoms with van der Waals surface area (Å²) in [4.78, 5) is 79.5. The minimum absolute atomic E-state index is 0.103. The van der Waals surface area contributed by atoms with E-state index >= 15 is 0 Å². The van der Waals surface area contributed by atoms with Crippen molar-refractivity contribution in [3.8, 4) is 0 Å². The fraction of sp³-hybridized carbons (Fsp3) is 0.700. The van der Waals surface area contributed by atoms with Gasteiger partial charge in [-0.2, -0.15) is 0 Å². The second-order valence-corrected chi connectivity index (χ2v) is 15.9. The number of benzene rings is 1. The SMILES string of the molecule is CC[C@H](C)[C@H](NC(=O)C[C@H](N)[C@H](Cc1ccccc1)NC(=O)[C@@H](NC(=O)[C@H](CC(C)C)NC(=O)CC(C)C)C(C)C)C(=O)N[C@@H](CC(C)C)C(=O)OC. The molecule has 0 bridgehead atoms. The van der Waals surface area contributed by atoms with Crippen LogP contribution in [0.1, 0.15) is 107 Å². The largest absolute Gasteiger partial charge is 0.467 e. The summed E-state index contributed by atoms with van der Waals surface area (Å²) >= 11 is 0. The lowest BCUT2D eigenvalue weighted by Gasteiger charge is -2.31. The molecule has 300 valence electrons. The van der Waals surface area contributed by atoms with Crippen molar-refractivity contribution in [1.29, 1.82) is 0 Å². The van der Waals surface area contributed by atoms with Crippen molar-refractivity contribution in [2.75, 3.05) is 7.11 Å². The number of hydrogen-bond donors (Lipinski definition) is 6. The minimum atomic E-state index is -0.953. The molecule has 7 atom stereocenters. The summed E-state index contributed by atoms with van der Waals surface area (Å²) in [7, 11) is 1.26. The number of carbonyl (C=O) groups is 6. The molecule has 13 nitrogen and oxygen atoms in total. The summed E-state index contributed by atoms with van der Waals surface area (Å²) < 4.78 is 4.90. The van der Waals surface area contributed by atoms with Crippen molar-refractivity contribution < 1.29 is 33.5 Å². The average molecular weight is 745 g/mol. The Morgan fingerprint density at radius 2 is 1.19 bits per heavy atom. The zero-order valence-electron chi connectivity index (χ0n) is 33.9. The lowest BCUT2D eigenvalue weighted by atomic mass is 9.94. The van der Waals surface area contributed by atoms with Gasteiger partial charge >= 0.3 is 5.97 Å². The van der Waals surface area contributed by atoms with E-state index < -0.39 is 65.8 Å². The molecule has 0 fully saturated rings. The molecule has 0 heterocycles. The molecule has 0 aliphatic rings. The number of carbonyl (C=O) groups excluding carboxylic acids is 6. The first-order valence-electron chi connectivity index (χ1n) is 19.2. The van der Waals surface area contributed by atoms with E-state index in [0.29, 0.717) is 25.7 Å². The van der Waals surface area contributed by atoms with E-state index in [1.807, 2.05) is 99.6 Å². The van der Waals surface area contributed by atoms with Gasteiger partial charge in [0.2, 0.25) is 29.5 Å². The highest BCUT2D eigenvalue weighted by molar-refractivity contribution is 5.93. The molecule has 0 saturated carbocycles. The Balaban J connectivity index is 3.25. The van der Waals surface area contributed by atoms with E-state index in [9.17, 15) is 28.8 Å². The third-order valence-corrected chi connectivity index (χ3v) is 9.08. The number of rotatable bonds is 23. The Kier molecular flexibility index (Phi) is 21.0. The molecule has 0 aromatic heterocycles. The van der Waals surface area contributed by atoms with Gasteiger partial charge in [-0.25, -0.2) is 4.79 Å². The van der Waals surface area contributed by atoms with E-state index in [4.69, 9.17) is 10.5 Å². The smallest absolute Gasteiger partial charge is 0.328 e. The third kappa shape index (κ3) is 17.6. The van der Waals surface area contributed by atoms with Crippen LogP contribution in [0.25, 0.3) is 0 Å². The molecule has 0 spiro atoms. The topological polar surface area (TPSA) is 198 Å². The number of methoxy groups -OCH3 is 1. The van der Waals surface area contributed by atoms with Crippen molar-refractivity contribution in [2.45, 2.75) is 144 Å². The van der Waals surface area contributed by atoms with Crippen molar-refractivity contribution in [2.24, 2.45) is 35.3 Å². The van der Waals surface area contributed by atoms with E-state index in [-0.39, 0.29) is 48.3 Å². The predicted molar refractivity (Wildman–Crippen MR) is 207 cm³/mol. The highest BCUT2D eigenvalue weighted by Gasteiger charge is 2.34. The second-order valence-electron chi connectivity index (χ2n) is 15.9. The van der Waals surface area contributed by atoms with Gasteiger partial charge in [-0.1, -0.05) is 106 Å². The van der Waals surface area contributed by atoms with E-state index in [1.165, 1.54) is 7.11 Å². The van der Waals surface area contributed by atoms with Crippen LogP contribution in [-0.4, -0.2) is 78.9 Å². The predicted octanol–water partition coefficient (Wildman–Crippen LogP) is 3.38. The minimum Gasteiger partial charge on any atom is -0.467 e. The standard InChI is InChI=1S/C40H68N6O7/c1-12-27(10)36(39(51)44-32(19-24(4)5)40(52)53-11)45-34(48)22-29(41)30(21-28-16-14-13-15-17-28)43-38(50)35(26(8)9)46-37(49)31(18-23(2)3)42-33(47)20-25(6)7/h13-17,23-27,29-32,35-36H,12,18-22,41H2,1-11H3,(H,42,47)(H,43,50)(H,44,51)(H,45,48)(H,46,49)/t27-,29-,30-,31-,32-,35-,36-/m0/s1. The molecular weight excluding hydrogens is 676 g/mol. The van der Waals surface area contributed by atoms with Crippen LogP contribution in [0, 0.1) is 29.6 Å². The van der Waals surface area contributed by atoms with Crippen LogP contribution in [0.15, 0.2) is 30.3 Å². The molecule has 0 aliphatic carbocycles. The van der Waals surface area contributed by atoms with Crippen LogP contribution in [0.4, 0.5) is 0 Å². The van der Waals surface area contributed by atoms with Gasteiger partial charge in [-0.15, -0.1) is 0 Å². The maximum atomic E-state index is 13.9. The summed E-state index contributed by atoms with van der Waals surface area (Å²) in [5, 5.41) is 14.3. The molecule has 1 aromatic carbocycles. The zero-order chi connectivity index (χ0) is 40.4. The molecule has 0 aliphatic heterocycles.